The van der Waals surface area contributed by atoms with Crippen LogP contribution in [0.5, 0.6) is 11.5 Å². The monoisotopic (exact) mass is 425 g/mol. The van der Waals surface area contributed by atoms with Gasteiger partial charge in [0, 0.05) is 5.39 Å². The summed E-state index contributed by atoms with van der Waals surface area (Å²) in [5.74, 6) is 1.68. The summed E-state index contributed by atoms with van der Waals surface area (Å²) in [6.45, 7) is 7.84. The molecule has 0 amide bonds. The molecule has 5 rings (SSSR count). The number of benzene rings is 3. The van der Waals surface area contributed by atoms with Crippen molar-refractivity contribution in [3.63, 3.8) is 0 Å². The van der Waals surface area contributed by atoms with Gasteiger partial charge in [-0.25, -0.2) is 9.97 Å². The van der Waals surface area contributed by atoms with Gasteiger partial charge in [-0.1, -0.05) is 45.0 Å². The average molecular weight is 426 g/mol. The predicted molar refractivity (Wildman–Crippen MR) is 130 cm³/mol. The Morgan fingerprint density at radius 2 is 1.53 bits per heavy atom. The van der Waals surface area contributed by atoms with Gasteiger partial charge in [-0.3, -0.25) is 0 Å². The first-order valence-electron chi connectivity index (χ1n) is 10.9. The number of aromatic nitrogens is 3. The molecule has 0 atom stereocenters. The molecule has 32 heavy (non-hydrogen) atoms. The Balaban J connectivity index is 1.50. The minimum Gasteiger partial charge on any atom is -0.497 e. The van der Waals surface area contributed by atoms with Gasteiger partial charge in [0.2, 0.25) is 0 Å². The highest BCUT2D eigenvalue weighted by Gasteiger charge is 2.16. The summed E-state index contributed by atoms with van der Waals surface area (Å²) in [5, 5.41) is 1.03. The summed E-state index contributed by atoms with van der Waals surface area (Å²) in [5.41, 5.74) is 6.01. The van der Waals surface area contributed by atoms with Gasteiger partial charge in [-0.2, -0.15) is 0 Å². The Morgan fingerprint density at radius 3 is 2.22 bits per heavy atom. The fourth-order valence-corrected chi connectivity index (χ4v) is 4.07. The largest absolute Gasteiger partial charge is 0.497 e. The van der Waals surface area contributed by atoms with Crippen LogP contribution >= 0.6 is 0 Å². The molecule has 0 bridgehead atoms. The summed E-state index contributed by atoms with van der Waals surface area (Å²) in [4.78, 5) is 9.86. The third-order valence-electron chi connectivity index (χ3n) is 5.86. The first-order chi connectivity index (χ1) is 15.4. The van der Waals surface area contributed by atoms with Gasteiger partial charge < -0.3 is 14.0 Å². The fourth-order valence-electron chi connectivity index (χ4n) is 4.07. The zero-order valence-electron chi connectivity index (χ0n) is 18.9. The predicted octanol–water partition coefficient (Wildman–Crippen LogP) is 6.12. The van der Waals surface area contributed by atoms with Crippen LogP contribution in [0.4, 0.5) is 0 Å². The standard InChI is InChI=1S/C27H27N3O2/c1-27(2,3)18-9-11-19(12-10-18)32-16-15-30-24-14-13-20(31-4)17-21(24)25-26(30)29-23-8-6-5-7-22(23)28-25/h5-14,17H,15-16H2,1-4H3. The summed E-state index contributed by atoms with van der Waals surface area (Å²) in [6.07, 6.45) is 0. The Bertz CT molecular complexity index is 1410. The third kappa shape index (κ3) is 3.64. The normalized spacial score (nSPS) is 12.0. The van der Waals surface area contributed by atoms with Gasteiger partial charge in [-0.15, -0.1) is 0 Å². The van der Waals surface area contributed by atoms with E-state index in [1.165, 1.54) is 5.56 Å². The maximum absolute atomic E-state index is 6.08. The number of ether oxygens (including phenoxy) is 2. The lowest BCUT2D eigenvalue weighted by Gasteiger charge is -2.19. The first kappa shape index (κ1) is 20.3. The third-order valence-corrected chi connectivity index (χ3v) is 5.86. The molecule has 0 aliphatic rings. The lowest BCUT2D eigenvalue weighted by atomic mass is 9.87. The van der Waals surface area contributed by atoms with Gasteiger partial charge in [0.25, 0.3) is 0 Å². The van der Waals surface area contributed by atoms with E-state index in [1.807, 2.05) is 48.5 Å². The number of methoxy groups -OCH3 is 1. The minimum absolute atomic E-state index is 0.129. The lowest BCUT2D eigenvalue weighted by molar-refractivity contribution is 0.302. The van der Waals surface area contributed by atoms with Gasteiger partial charge in [0.1, 0.15) is 23.6 Å². The number of nitrogens with zero attached hydrogens (tertiary/aromatic N) is 3. The lowest BCUT2D eigenvalue weighted by Crippen LogP contribution is -2.11. The first-order valence-corrected chi connectivity index (χ1v) is 10.9. The van der Waals surface area contributed by atoms with Crippen LogP contribution in [0.1, 0.15) is 26.3 Å². The second kappa shape index (κ2) is 7.83. The molecule has 2 heterocycles. The maximum atomic E-state index is 6.08. The number of hydrogen-bond donors (Lipinski definition) is 0. The number of para-hydroxylation sites is 2. The van der Waals surface area contributed by atoms with Crippen molar-refractivity contribution in [1.82, 2.24) is 14.5 Å². The summed E-state index contributed by atoms with van der Waals surface area (Å²) in [6, 6.07) is 22.4. The summed E-state index contributed by atoms with van der Waals surface area (Å²) >= 11 is 0. The van der Waals surface area contributed by atoms with E-state index in [0.29, 0.717) is 13.2 Å². The van der Waals surface area contributed by atoms with Crippen LogP contribution in [-0.4, -0.2) is 28.3 Å². The van der Waals surface area contributed by atoms with Crippen molar-refractivity contribution in [3.8, 4) is 11.5 Å². The molecular weight excluding hydrogens is 398 g/mol. The van der Waals surface area contributed by atoms with Crippen LogP contribution < -0.4 is 9.47 Å². The van der Waals surface area contributed by atoms with Crippen molar-refractivity contribution < 1.29 is 9.47 Å². The van der Waals surface area contributed by atoms with Crippen LogP contribution in [0.25, 0.3) is 33.1 Å². The SMILES string of the molecule is COc1ccc2c(c1)c1nc3ccccc3nc1n2CCOc1ccc(C(C)(C)C)cc1. The van der Waals surface area contributed by atoms with Crippen LogP contribution in [0.2, 0.25) is 0 Å². The van der Waals surface area contributed by atoms with Crippen LogP contribution in [0.15, 0.2) is 66.7 Å². The molecule has 2 aromatic heterocycles. The van der Waals surface area contributed by atoms with Gasteiger partial charge in [0.15, 0.2) is 5.65 Å². The van der Waals surface area contributed by atoms with E-state index in [2.05, 4.69) is 43.5 Å². The second-order valence-corrected chi connectivity index (χ2v) is 9.04. The van der Waals surface area contributed by atoms with Crippen LogP contribution in [0.3, 0.4) is 0 Å². The Kier molecular flexibility index (Phi) is 4.97. The molecule has 0 aliphatic heterocycles. The topological polar surface area (TPSA) is 49.2 Å². The van der Waals surface area contributed by atoms with Gasteiger partial charge in [0.05, 0.1) is 30.2 Å². The van der Waals surface area contributed by atoms with E-state index in [-0.39, 0.29) is 5.41 Å². The fraction of sp³-hybridized carbons (Fsp3) is 0.259. The Morgan fingerprint density at radius 1 is 0.844 bits per heavy atom. The Labute approximate surface area is 187 Å². The smallest absolute Gasteiger partial charge is 0.160 e. The van der Waals surface area contributed by atoms with Crippen LogP contribution in [-0.2, 0) is 12.0 Å². The second-order valence-electron chi connectivity index (χ2n) is 9.04. The molecular formula is C27H27N3O2. The molecule has 5 nitrogen and oxygen atoms in total. The zero-order chi connectivity index (χ0) is 22.3. The molecule has 0 spiro atoms. The highest BCUT2D eigenvalue weighted by Crippen LogP contribution is 2.31. The molecule has 0 saturated heterocycles. The van der Waals surface area contributed by atoms with E-state index in [1.54, 1.807) is 7.11 Å². The molecule has 5 heteroatoms. The van der Waals surface area contributed by atoms with E-state index in [9.17, 15) is 0 Å². The van der Waals surface area contributed by atoms with Crippen molar-refractivity contribution in [1.29, 1.82) is 0 Å². The van der Waals surface area contributed by atoms with Crippen LogP contribution in [0, 0.1) is 0 Å². The molecule has 3 aromatic carbocycles. The van der Waals surface area contributed by atoms with Crippen molar-refractivity contribution in [2.24, 2.45) is 0 Å². The molecule has 0 aliphatic carbocycles. The van der Waals surface area contributed by atoms with E-state index in [4.69, 9.17) is 19.4 Å². The molecule has 162 valence electrons. The highest BCUT2D eigenvalue weighted by atomic mass is 16.5. The summed E-state index contributed by atoms with van der Waals surface area (Å²) < 4.78 is 13.7. The molecule has 0 N–H and O–H groups in total. The molecule has 0 fully saturated rings. The highest BCUT2D eigenvalue weighted by molar-refractivity contribution is 6.06. The average Bonchev–Trinajstić information content (AvgIpc) is 3.09. The van der Waals surface area contributed by atoms with E-state index >= 15 is 0 Å². The Hall–Kier alpha value is -3.60. The van der Waals surface area contributed by atoms with E-state index < -0.39 is 0 Å². The summed E-state index contributed by atoms with van der Waals surface area (Å²) in [7, 11) is 1.68. The molecule has 0 radical (unpaired) electrons. The van der Waals surface area contributed by atoms with Crippen molar-refractivity contribution >= 4 is 33.1 Å². The minimum atomic E-state index is 0.129. The number of fused-ring (bicyclic) bond motifs is 4. The van der Waals surface area contributed by atoms with Gasteiger partial charge >= 0.3 is 0 Å². The zero-order valence-corrected chi connectivity index (χ0v) is 18.9. The maximum Gasteiger partial charge on any atom is 0.160 e. The quantitative estimate of drug-likeness (QED) is 0.340. The number of hydrogen-bond acceptors (Lipinski definition) is 4. The van der Waals surface area contributed by atoms with Crippen molar-refractivity contribution in [2.45, 2.75) is 32.7 Å². The van der Waals surface area contributed by atoms with Crippen molar-refractivity contribution in [3.05, 3.63) is 72.3 Å². The molecule has 0 unspecified atom stereocenters. The van der Waals surface area contributed by atoms with E-state index in [0.717, 1.165) is 44.6 Å². The number of rotatable bonds is 5. The van der Waals surface area contributed by atoms with Gasteiger partial charge in [-0.05, 0) is 53.4 Å². The van der Waals surface area contributed by atoms with Crippen molar-refractivity contribution in [2.75, 3.05) is 13.7 Å². The molecule has 0 saturated carbocycles. The molecule has 5 aromatic rings.